The molecule has 1 rings (SSSR count). The average molecular weight is 335 g/mol. The van der Waals surface area contributed by atoms with Gasteiger partial charge in [-0.2, -0.15) is 0 Å². The van der Waals surface area contributed by atoms with Crippen molar-refractivity contribution >= 4 is 6.16 Å². The summed E-state index contributed by atoms with van der Waals surface area (Å²) in [6, 6.07) is 3.89. The molecule has 0 atom stereocenters. The maximum Gasteiger partial charge on any atom is 0.511 e. The number of rotatable bonds is 12. The molecule has 0 heterocycles. The number of hydrogen-bond donors (Lipinski definition) is 1. The summed E-state index contributed by atoms with van der Waals surface area (Å²) in [6.45, 7) is 6.59. The first-order valence-corrected chi connectivity index (χ1v) is 9.68. The van der Waals surface area contributed by atoms with Crippen molar-refractivity contribution in [1.82, 2.24) is 0 Å². The Kier molecular flexibility index (Phi) is 10.2. The van der Waals surface area contributed by atoms with Crippen molar-refractivity contribution in [3.8, 4) is 5.75 Å². The smallest absolute Gasteiger partial charge is 0.449 e. The number of unbranched alkanes of at least 4 members (excludes halogenated alkanes) is 6. The van der Waals surface area contributed by atoms with Gasteiger partial charge in [-0.25, -0.2) is 4.79 Å². The molecule has 0 amide bonds. The topological polar surface area (TPSA) is 46.5 Å². The average Bonchev–Trinajstić information content (AvgIpc) is 2.56. The molecule has 1 aromatic carbocycles. The van der Waals surface area contributed by atoms with E-state index in [1.807, 2.05) is 12.1 Å². The molecule has 0 spiro atoms. The van der Waals surface area contributed by atoms with Crippen LogP contribution in [0.25, 0.3) is 0 Å². The van der Waals surface area contributed by atoms with Gasteiger partial charge in [0.15, 0.2) is 0 Å². The van der Waals surface area contributed by atoms with Crippen LogP contribution in [-0.2, 0) is 19.3 Å². The fraction of sp³-hybridized carbons (Fsp3) is 0.667. The van der Waals surface area contributed by atoms with Crippen molar-refractivity contribution in [3.63, 3.8) is 0 Å². The highest BCUT2D eigenvalue weighted by Gasteiger charge is 2.15. The Morgan fingerprint density at radius 1 is 0.875 bits per heavy atom. The first-order valence-electron chi connectivity index (χ1n) is 9.68. The van der Waals surface area contributed by atoms with E-state index in [0.717, 1.165) is 31.2 Å². The maximum atomic E-state index is 11.0. The quantitative estimate of drug-likeness (QED) is 0.268. The summed E-state index contributed by atoms with van der Waals surface area (Å²) in [6.07, 6.45) is 11.3. The van der Waals surface area contributed by atoms with Crippen LogP contribution >= 0.6 is 0 Å². The van der Waals surface area contributed by atoms with E-state index in [1.165, 1.54) is 56.1 Å². The van der Waals surface area contributed by atoms with Gasteiger partial charge in [0.1, 0.15) is 5.75 Å². The van der Waals surface area contributed by atoms with Crippen LogP contribution in [0.15, 0.2) is 12.1 Å². The first-order chi connectivity index (χ1) is 11.6. The van der Waals surface area contributed by atoms with Gasteiger partial charge in [-0.05, 0) is 54.9 Å². The summed E-state index contributed by atoms with van der Waals surface area (Å²) in [5, 5.41) is 9.04. The van der Waals surface area contributed by atoms with Gasteiger partial charge in [0.2, 0.25) is 0 Å². The lowest BCUT2D eigenvalue weighted by molar-refractivity contribution is 0.144. The Bertz CT molecular complexity index is 494. The summed E-state index contributed by atoms with van der Waals surface area (Å²) in [4.78, 5) is 11.0. The summed E-state index contributed by atoms with van der Waals surface area (Å²) in [5.74, 6) is 0.543. The van der Waals surface area contributed by atoms with Crippen molar-refractivity contribution < 1.29 is 14.6 Å². The van der Waals surface area contributed by atoms with Gasteiger partial charge in [-0.15, -0.1) is 0 Å². The van der Waals surface area contributed by atoms with Crippen LogP contribution in [0.2, 0.25) is 0 Å². The van der Waals surface area contributed by atoms with Gasteiger partial charge in [0.05, 0.1) is 0 Å². The largest absolute Gasteiger partial charge is 0.511 e. The molecule has 24 heavy (non-hydrogen) atoms. The lowest BCUT2D eigenvalue weighted by atomic mass is 9.90. The van der Waals surface area contributed by atoms with E-state index in [0.29, 0.717) is 5.75 Å². The van der Waals surface area contributed by atoms with E-state index in [2.05, 4.69) is 20.8 Å². The van der Waals surface area contributed by atoms with Crippen molar-refractivity contribution in [1.29, 1.82) is 0 Å². The zero-order valence-electron chi connectivity index (χ0n) is 15.7. The van der Waals surface area contributed by atoms with Gasteiger partial charge in [0, 0.05) is 0 Å². The summed E-state index contributed by atoms with van der Waals surface area (Å²) >= 11 is 0. The van der Waals surface area contributed by atoms with Gasteiger partial charge in [0.25, 0.3) is 0 Å². The molecule has 0 radical (unpaired) electrons. The normalized spacial score (nSPS) is 10.8. The minimum atomic E-state index is -1.22. The fourth-order valence-electron chi connectivity index (χ4n) is 3.28. The number of benzene rings is 1. The monoisotopic (exact) mass is 334 g/mol. The maximum absolute atomic E-state index is 11.0. The van der Waals surface area contributed by atoms with E-state index in [-0.39, 0.29) is 0 Å². The molecule has 0 aliphatic heterocycles. The number of ether oxygens (including phenoxy) is 1. The van der Waals surface area contributed by atoms with Gasteiger partial charge >= 0.3 is 6.16 Å². The molecule has 1 aromatic rings. The molecule has 0 aromatic heterocycles. The van der Waals surface area contributed by atoms with Crippen molar-refractivity contribution in [2.45, 2.75) is 91.4 Å². The van der Waals surface area contributed by atoms with Crippen molar-refractivity contribution in [2.24, 2.45) is 0 Å². The second kappa shape index (κ2) is 11.9. The van der Waals surface area contributed by atoms with E-state index < -0.39 is 6.16 Å². The number of hydrogen-bond acceptors (Lipinski definition) is 2. The van der Waals surface area contributed by atoms with Gasteiger partial charge in [-0.1, -0.05) is 65.4 Å². The minimum absolute atomic E-state index is 0.543. The van der Waals surface area contributed by atoms with Crippen molar-refractivity contribution in [3.05, 3.63) is 28.8 Å². The first kappa shape index (κ1) is 20.5. The fourth-order valence-corrected chi connectivity index (χ4v) is 3.28. The Hall–Kier alpha value is -1.51. The number of carbonyl (C=O) groups is 1. The molecule has 0 bridgehead atoms. The minimum Gasteiger partial charge on any atom is -0.449 e. The van der Waals surface area contributed by atoms with Crippen molar-refractivity contribution in [2.75, 3.05) is 0 Å². The Labute approximate surface area is 147 Å². The highest BCUT2D eigenvalue weighted by Crippen LogP contribution is 2.30. The molecule has 1 N–H and O–H groups in total. The van der Waals surface area contributed by atoms with E-state index in [9.17, 15) is 4.79 Å². The Morgan fingerprint density at radius 3 is 1.96 bits per heavy atom. The molecule has 0 aliphatic rings. The van der Waals surface area contributed by atoms with E-state index in [1.54, 1.807) is 0 Å². The molecular weight excluding hydrogens is 300 g/mol. The summed E-state index contributed by atoms with van der Waals surface area (Å²) < 4.78 is 5.09. The highest BCUT2D eigenvalue weighted by atomic mass is 16.7. The van der Waals surface area contributed by atoms with Crippen LogP contribution in [-0.4, -0.2) is 11.3 Å². The molecule has 0 saturated carbocycles. The molecule has 136 valence electrons. The highest BCUT2D eigenvalue weighted by molar-refractivity contribution is 5.63. The molecule has 0 unspecified atom stereocenters. The predicted molar refractivity (Wildman–Crippen MR) is 100 cm³/mol. The third-order valence-electron chi connectivity index (χ3n) is 4.62. The summed E-state index contributed by atoms with van der Waals surface area (Å²) in [7, 11) is 0. The zero-order chi connectivity index (χ0) is 17.8. The van der Waals surface area contributed by atoms with Crippen LogP contribution in [0.1, 0.15) is 88.8 Å². The van der Waals surface area contributed by atoms with Crippen LogP contribution in [0.5, 0.6) is 5.75 Å². The Balaban J connectivity index is 2.99. The molecular formula is C21H34O3. The lowest BCUT2D eigenvalue weighted by Crippen LogP contribution is -2.09. The lowest BCUT2D eigenvalue weighted by Gasteiger charge is -2.18. The zero-order valence-corrected chi connectivity index (χ0v) is 15.7. The second-order valence-corrected chi connectivity index (χ2v) is 6.52. The SMILES string of the molecule is CCCCCCc1c(CC)ccc(OC(=O)O)c1CCCCCC. The molecule has 0 aliphatic carbocycles. The molecule has 0 saturated heterocycles. The third kappa shape index (κ3) is 6.94. The Morgan fingerprint density at radius 2 is 1.46 bits per heavy atom. The standard InChI is InChI=1S/C21H34O3/c1-4-7-9-11-13-18-17(6-3)15-16-20(24-21(22)23)19(18)14-12-10-8-5-2/h15-16H,4-14H2,1-3H3,(H,22,23). The van der Waals surface area contributed by atoms with E-state index >= 15 is 0 Å². The van der Waals surface area contributed by atoms with Crippen LogP contribution in [0, 0.1) is 0 Å². The van der Waals surface area contributed by atoms with Crippen LogP contribution in [0.4, 0.5) is 4.79 Å². The molecule has 3 nitrogen and oxygen atoms in total. The molecule has 0 fully saturated rings. The van der Waals surface area contributed by atoms with Crippen LogP contribution in [0.3, 0.4) is 0 Å². The van der Waals surface area contributed by atoms with Gasteiger partial charge in [-0.3, -0.25) is 0 Å². The number of aryl methyl sites for hydroxylation is 1. The third-order valence-corrected chi connectivity index (χ3v) is 4.62. The van der Waals surface area contributed by atoms with Crippen LogP contribution < -0.4 is 4.74 Å². The predicted octanol–water partition coefficient (Wildman–Crippen LogP) is 6.55. The number of carboxylic acid groups (broad SMARTS) is 1. The van der Waals surface area contributed by atoms with E-state index in [4.69, 9.17) is 9.84 Å². The summed E-state index contributed by atoms with van der Waals surface area (Å²) in [5.41, 5.74) is 3.81. The molecule has 3 heteroatoms. The second-order valence-electron chi connectivity index (χ2n) is 6.52. The van der Waals surface area contributed by atoms with Gasteiger partial charge < -0.3 is 9.84 Å².